The lowest BCUT2D eigenvalue weighted by molar-refractivity contribution is -0.385. The van der Waals surface area contributed by atoms with Crippen LogP contribution >= 0.6 is 23.4 Å². The first kappa shape index (κ1) is 22.5. The molecule has 0 aliphatic heterocycles. The fourth-order valence-corrected chi connectivity index (χ4v) is 4.58. The van der Waals surface area contributed by atoms with Crippen molar-refractivity contribution in [2.75, 3.05) is 0 Å². The van der Waals surface area contributed by atoms with Crippen LogP contribution in [0.5, 0.6) is 0 Å². The van der Waals surface area contributed by atoms with Gasteiger partial charge in [0.2, 0.25) is 5.91 Å². The number of hydrogen-bond acceptors (Lipinski definition) is 6. The summed E-state index contributed by atoms with van der Waals surface area (Å²) in [6, 6.07) is 16.3. The number of primary amides is 1. The number of rotatable bonds is 6. The van der Waals surface area contributed by atoms with Crippen LogP contribution in [-0.4, -0.2) is 20.4 Å². The third-order valence-electron chi connectivity index (χ3n) is 5.15. The number of carbonyl (C=O) groups excluding carboxylic acids is 1. The minimum atomic E-state index is -0.751. The van der Waals surface area contributed by atoms with E-state index in [-0.39, 0.29) is 22.6 Å². The minimum Gasteiger partial charge on any atom is -0.366 e. The van der Waals surface area contributed by atoms with Gasteiger partial charge in [-0.1, -0.05) is 47.6 Å². The van der Waals surface area contributed by atoms with Crippen LogP contribution in [0.2, 0.25) is 5.02 Å². The van der Waals surface area contributed by atoms with Crippen molar-refractivity contribution in [2.24, 2.45) is 5.73 Å². The van der Waals surface area contributed by atoms with Crippen molar-refractivity contribution in [3.63, 3.8) is 0 Å². The standard InChI is InChI=1S/C23H17ClN4O4S/c1-13-17(24)6-4-8-19(13)27-22(30)16-5-2-3-7-18(16)26-23(27)33-12-15-10-9-14(21(25)29)11-20(15)28(31)32/h2-11H,12H2,1H3,(H2,25,29). The molecule has 0 atom stereocenters. The maximum Gasteiger partial charge on any atom is 0.274 e. The molecule has 0 saturated carbocycles. The van der Waals surface area contributed by atoms with Crippen LogP contribution in [0.1, 0.15) is 21.5 Å². The maximum absolute atomic E-state index is 13.4. The van der Waals surface area contributed by atoms with Gasteiger partial charge < -0.3 is 5.73 Å². The molecule has 3 aromatic carbocycles. The van der Waals surface area contributed by atoms with Crippen LogP contribution in [0.3, 0.4) is 0 Å². The van der Waals surface area contributed by atoms with Crippen molar-refractivity contribution in [1.82, 2.24) is 9.55 Å². The van der Waals surface area contributed by atoms with E-state index in [4.69, 9.17) is 17.3 Å². The van der Waals surface area contributed by atoms with Crippen LogP contribution < -0.4 is 11.3 Å². The highest BCUT2D eigenvalue weighted by atomic mass is 35.5. The van der Waals surface area contributed by atoms with Gasteiger partial charge in [0, 0.05) is 28.0 Å². The first-order valence-corrected chi connectivity index (χ1v) is 11.1. The van der Waals surface area contributed by atoms with Crippen LogP contribution in [0.25, 0.3) is 16.6 Å². The van der Waals surface area contributed by atoms with Crippen molar-refractivity contribution in [1.29, 1.82) is 0 Å². The largest absolute Gasteiger partial charge is 0.366 e. The summed E-state index contributed by atoms with van der Waals surface area (Å²) in [6.45, 7) is 1.81. The van der Waals surface area contributed by atoms with Crippen LogP contribution in [0.15, 0.2) is 70.6 Å². The van der Waals surface area contributed by atoms with Crippen molar-refractivity contribution in [3.05, 3.63) is 103 Å². The third kappa shape index (κ3) is 4.33. The van der Waals surface area contributed by atoms with Gasteiger partial charge >= 0.3 is 0 Å². The second kappa shape index (κ2) is 9.05. The molecule has 8 nitrogen and oxygen atoms in total. The fraction of sp³-hybridized carbons (Fsp3) is 0.0870. The minimum absolute atomic E-state index is 0.0470. The summed E-state index contributed by atoms with van der Waals surface area (Å²) in [7, 11) is 0. The smallest absolute Gasteiger partial charge is 0.274 e. The zero-order valence-corrected chi connectivity index (χ0v) is 18.9. The molecule has 33 heavy (non-hydrogen) atoms. The Morgan fingerprint density at radius 2 is 1.94 bits per heavy atom. The van der Waals surface area contributed by atoms with E-state index in [2.05, 4.69) is 4.98 Å². The van der Waals surface area contributed by atoms with Gasteiger partial charge in [0.05, 0.1) is 21.5 Å². The molecule has 1 aromatic heterocycles. The molecule has 2 N–H and O–H groups in total. The zero-order valence-electron chi connectivity index (χ0n) is 17.3. The van der Waals surface area contributed by atoms with Gasteiger partial charge in [-0.2, -0.15) is 0 Å². The number of nitro groups is 1. The summed E-state index contributed by atoms with van der Waals surface area (Å²) in [5.41, 5.74) is 6.96. The number of para-hydroxylation sites is 1. The Morgan fingerprint density at radius 3 is 2.67 bits per heavy atom. The van der Waals surface area contributed by atoms with Crippen molar-refractivity contribution < 1.29 is 9.72 Å². The Bertz CT molecular complexity index is 1490. The Morgan fingerprint density at radius 1 is 1.18 bits per heavy atom. The van der Waals surface area contributed by atoms with Crippen LogP contribution in [-0.2, 0) is 5.75 Å². The molecule has 166 valence electrons. The second-order valence-electron chi connectivity index (χ2n) is 7.19. The first-order valence-electron chi connectivity index (χ1n) is 9.75. The van der Waals surface area contributed by atoms with Gasteiger partial charge in [-0.25, -0.2) is 4.98 Å². The number of thioether (sulfide) groups is 1. The molecule has 0 aliphatic carbocycles. The van der Waals surface area contributed by atoms with E-state index < -0.39 is 10.8 Å². The summed E-state index contributed by atoms with van der Waals surface area (Å²) in [5.74, 6) is -0.613. The highest BCUT2D eigenvalue weighted by Crippen LogP contribution is 2.31. The van der Waals surface area contributed by atoms with E-state index >= 15 is 0 Å². The number of carbonyl (C=O) groups is 1. The van der Waals surface area contributed by atoms with Crippen LogP contribution in [0.4, 0.5) is 5.69 Å². The zero-order chi connectivity index (χ0) is 23.7. The lowest BCUT2D eigenvalue weighted by Crippen LogP contribution is -2.22. The van der Waals surface area contributed by atoms with E-state index in [1.165, 1.54) is 28.5 Å². The highest BCUT2D eigenvalue weighted by Gasteiger charge is 2.20. The summed E-state index contributed by atoms with van der Waals surface area (Å²) in [4.78, 5) is 40.5. The molecule has 0 saturated heterocycles. The summed E-state index contributed by atoms with van der Waals surface area (Å²) in [6.07, 6.45) is 0. The Kier molecular flexibility index (Phi) is 6.17. The molecular weight excluding hydrogens is 464 g/mol. The molecule has 0 spiro atoms. The third-order valence-corrected chi connectivity index (χ3v) is 6.55. The summed E-state index contributed by atoms with van der Waals surface area (Å²) in [5, 5.41) is 12.9. The second-order valence-corrected chi connectivity index (χ2v) is 8.54. The number of nitrogens with two attached hydrogens (primary N) is 1. The molecule has 0 radical (unpaired) electrons. The maximum atomic E-state index is 13.4. The molecular formula is C23H17ClN4O4S. The van der Waals surface area contributed by atoms with Gasteiger partial charge in [-0.15, -0.1) is 0 Å². The van der Waals surface area contributed by atoms with E-state index in [1.807, 2.05) is 0 Å². The number of amides is 1. The molecule has 4 rings (SSSR count). The lowest BCUT2D eigenvalue weighted by atomic mass is 10.1. The normalized spacial score (nSPS) is 11.0. The van der Waals surface area contributed by atoms with Crippen LogP contribution in [0, 0.1) is 17.0 Å². The molecule has 0 fully saturated rings. The SMILES string of the molecule is Cc1c(Cl)cccc1-n1c(SCc2ccc(C(N)=O)cc2[N+](=O)[O-])nc2ccccc2c1=O. The molecule has 1 amide bonds. The fourth-order valence-electron chi connectivity index (χ4n) is 3.41. The number of hydrogen-bond donors (Lipinski definition) is 1. The van der Waals surface area contributed by atoms with Gasteiger partial charge in [-0.3, -0.25) is 24.3 Å². The average Bonchev–Trinajstić information content (AvgIpc) is 2.80. The molecule has 10 heteroatoms. The van der Waals surface area contributed by atoms with Crippen molar-refractivity contribution in [2.45, 2.75) is 17.8 Å². The number of aromatic nitrogens is 2. The summed E-state index contributed by atoms with van der Waals surface area (Å²) < 4.78 is 1.47. The monoisotopic (exact) mass is 480 g/mol. The van der Waals surface area contributed by atoms with E-state index in [1.54, 1.807) is 49.4 Å². The van der Waals surface area contributed by atoms with Crippen molar-refractivity contribution in [3.8, 4) is 5.69 Å². The predicted octanol–water partition coefficient (Wildman–Crippen LogP) is 4.65. The number of nitrogens with zero attached hydrogens (tertiary/aromatic N) is 3. The molecule has 4 aromatic rings. The van der Waals surface area contributed by atoms with Gasteiger partial charge in [0.1, 0.15) is 0 Å². The molecule has 0 bridgehead atoms. The first-order chi connectivity index (χ1) is 15.8. The number of fused-ring (bicyclic) bond motifs is 1. The van der Waals surface area contributed by atoms with Gasteiger partial charge in [0.15, 0.2) is 5.16 Å². The molecule has 1 heterocycles. The number of nitro benzene ring substituents is 1. The topological polar surface area (TPSA) is 121 Å². The quantitative estimate of drug-likeness (QED) is 0.185. The Hall–Kier alpha value is -3.69. The van der Waals surface area contributed by atoms with E-state index in [0.29, 0.717) is 37.9 Å². The molecule has 0 aliphatic rings. The Labute approximate surface area is 197 Å². The van der Waals surface area contributed by atoms with E-state index in [9.17, 15) is 19.7 Å². The highest BCUT2D eigenvalue weighted by molar-refractivity contribution is 7.98. The number of benzene rings is 3. The number of halogens is 1. The van der Waals surface area contributed by atoms with Gasteiger partial charge in [0.25, 0.3) is 11.2 Å². The predicted molar refractivity (Wildman–Crippen MR) is 128 cm³/mol. The Balaban J connectivity index is 1.85. The lowest BCUT2D eigenvalue weighted by Gasteiger charge is -2.16. The van der Waals surface area contributed by atoms with Crippen molar-refractivity contribution >= 4 is 45.9 Å². The average molecular weight is 481 g/mol. The van der Waals surface area contributed by atoms with E-state index in [0.717, 1.165) is 6.07 Å². The van der Waals surface area contributed by atoms with Gasteiger partial charge in [-0.05, 0) is 42.8 Å². The molecule has 0 unspecified atom stereocenters. The summed E-state index contributed by atoms with van der Waals surface area (Å²) >= 11 is 7.47.